The Morgan fingerprint density at radius 2 is 0.589 bits per heavy atom. The molecule has 0 saturated heterocycles. The summed E-state index contributed by atoms with van der Waals surface area (Å²) in [5.41, 5.74) is 17.2. The molecule has 0 spiro atoms. The van der Waals surface area contributed by atoms with Crippen LogP contribution in [0.5, 0.6) is 0 Å². The summed E-state index contributed by atoms with van der Waals surface area (Å²) >= 11 is 16.4. The van der Waals surface area contributed by atoms with Crippen LogP contribution in [0.15, 0.2) is 198 Å². The van der Waals surface area contributed by atoms with Crippen molar-refractivity contribution in [3.05, 3.63) is 292 Å². The highest BCUT2D eigenvalue weighted by Gasteiger charge is 2.41. The van der Waals surface area contributed by atoms with Gasteiger partial charge in [-0.3, -0.25) is 0 Å². The topological polar surface area (TPSA) is 166 Å². The minimum Gasteiger partial charge on any atom is -0.478 e. The van der Waals surface area contributed by atoms with Crippen LogP contribution in [0.25, 0.3) is 48.6 Å². The maximum absolute atomic E-state index is 11.5. The number of carbonyl (C=O) groups is 3. The highest BCUT2D eigenvalue weighted by atomic mass is 79.9. The van der Waals surface area contributed by atoms with E-state index in [2.05, 4.69) is 201 Å². The first-order valence-corrected chi connectivity index (χ1v) is 43.6. The predicted molar refractivity (Wildman–Crippen MR) is 471 cm³/mol. The van der Waals surface area contributed by atoms with Crippen LogP contribution < -0.4 is 0 Å². The van der Waals surface area contributed by atoms with E-state index in [1.807, 2.05) is 96.2 Å². The van der Waals surface area contributed by atoms with Crippen LogP contribution in [0.4, 0.5) is 0 Å². The molecule has 578 valence electrons. The minimum absolute atomic E-state index is 0.0581. The number of hydrogen-bond acceptors (Lipinski definition) is 12. The first kappa shape index (κ1) is 98.4. The number of halogens is 5. The highest BCUT2D eigenvalue weighted by molar-refractivity contribution is 9.11. The fraction of sp³-hybridized carbons (Fsp3) is 0.299. The van der Waals surface area contributed by atoms with Crippen LogP contribution in [-0.2, 0) is 73.7 Å². The third kappa shape index (κ3) is 39.1. The van der Waals surface area contributed by atoms with Crippen LogP contribution in [0, 0.1) is 0 Å². The molecule has 0 heterocycles. The fourth-order valence-corrected chi connectivity index (χ4v) is 18.2. The first-order chi connectivity index (χ1) is 51.3. The normalized spacial score (nSPS) is 10.4. The summed E-state index contributed by atoms with van der Waals surface area (Å²) in [6.45, 7) is 54.0. The molecule has 7 aromatic carbocycles. The Morgan fingerprint density at radius 3 is 0.841 bits per heavy atom. The van der Waals surface area contributed by atoms with E-state index in [1.54, 1.807) is 80.6 Å². The molecule has 0 aliphatic rings. The van der Waals surface area contributed by atoms with Crippen LogP contribution in [0.2, 0.25) is 12.1 Å². The molecule has 0 bridgehead atoms. The standard InChI is InChI=1S/C24H46O6Si2.C13H14O2.C12H14.C11H11Br.C11H12O.C9H8Br2O2.C7H4Br2O2/c1-8-22-19-23(15-17-31(25-9-2,26-10-3)27-11-4)21-24(20-22)16-18-32(28-12-5,29-13-6)30-14-7;1-4-10-7-11(5-2)9-12(8-10)13(14)15-6-3;1-4-10-7-11(5-2)9-12(6-3)8-10;2*1-3-9-5-10(4-2)7-11(6-9)8-12;1-2-13-9(12)6-3-7(10)5-8(11)4-6;8-5-1-4(7(10)11)2-6(9)3-5/h19-21H,8-18H2,1-7H3;4-5,7-9H,1-2,6H2,3H3;4-5,7-9H,1-2,6H2,3H3;3-7H,1-2,8H2;3-7,12H,1-2,8H2;3-5H,2H2,1H3;1-3H,(H,10,11). The Balaban J connectivity index is 0.000000654. The van der Waals surface area contributed by atoms with Crippen molar-refractivity contribution in [1.29, 1.82) is 0 Å². The number of ether oxygens (including phenoxy) is 2. The zero-order chi connectivity index (χ0) is 80.3. The van der Waals surface area contributed by atoms with E-state index in [-0.39, 0.29) is 24.1 Å². The molecule has 0 aromatic heterocycles. The van der Waals surface area contributed by atoms with Crippen molar-refractivity contribution in [3.63, 3.8) is 0 Å². The monoisotopic (exact) mass is 1810 g/mol. The lowest BCUT2D eigenvalue weighted by molar-refractivity contribution is 0.0516. The second-order valence-electron chi connectivity index (χ2n) is 22.7. The number of carboxylic acids is 1. The Labute approximate surface area is 683 Å². The van der Waals surface area contributed by atoms with E-state index < -0.39 is 23.6 Å². The van der Waals surface area contributed by atoms with Gasteiger partial charge in [-0.05, 0) is 244 Å². The molecule has 0 saturated carbocycles. The number of hydrogen-bond donors (Lipinski definition) is 2. The van der Waals surface area contributed by atoms with Crippen molar-refractivity contribution in [1.82, 2.24) is 0 Å². The van der Waals surface area contributed by atoms with Crippen molar-refractivity contribution in [2.45, 2.75) is 119 Å². The molecule has 7 rings (SSSR count). The number of benzene rings is 7. The van der Waals surface area contributed by atoms with Crippen molar-refractivity contribution in [2.24, 2.45) is 0 Å². The van der Waals surface area contributed by atoms with E-state index in [0.717, 1.165) is 99.9 Å². The smallest absolute Gasteiger partial charge is 0.478 e. The van der Waals surface area contributed by atoms with E-state index in [0.29, 0.717) is 64.0 Å². The van der Waals surface area contributed by atoms with E-state index in [9.17, 15) is 14.4 Å². The molecule has 0 aliphatic heterocycles. The van der Waals surface area contributed by atoms with Crippen molar-refractivity contribution in [3.8, 4) is 0 Å². The maximum atomic E-state index is 11.5. The summed E-state index contributed by atoms with van der Waals surface area (Å²) in [5.74, 6) is -1.54. The number of aromatic carboxylic acids is 1. The van der Waals surface area contributed by atoms with Crippen molar-refractivity contribution >= 4 is 164 Å². The fourth-order valence-electron chi connectivity index (χ4n) is 10.1. The number of aliphatic hydroxyl groups is 1. The minimum atomic E-state index is -2.66. The molecule has 2 N–H and O–H groups in total. The summed E-state index contributed by atoms with van der Waals surface area (Å²) < 4.78 is 49.2. The lowest BCUT2D eigenvalue weighted by Crippen LogP contribution is -2.46. The molecule has 0 amide bonds. The van der Waals surface area contributed by atoms with Crippen LogP contribution in [-0.4, -0.2) is 98.6 Å². The molecule has 20 heteroatoms. The zero-order valence-electron chi connectivity index (χ0n) is 64.0. The van der Waals surface area contributed by atoms with Crippen molar-refractivity contribution in [2.75, 3.05) is 52.9 Å². The largest absolute Gasteiger partial charge is 0.501 e. The number of aliphatic hydroxyl groups excluding tert-OH is 1. The molecule has 0 atom stereocenters. The summed E-state index contributed by atoms with van der Waals surface area (Å²) in [6.07, 6.45) is 18.1. The summed E-state index contributed by atoms with van der Waals surface area (Å²) in [6, 6.07) is 42.5. The SMILES string of the molecule is C=Cc1cc(C=C)cc(C(=O)OCC)c1.C=Cc1cc(C=C)cc(CBr)c1.C=Cc1cc(C=C)cc(CC)c1.C=Cc1cc(C=C)cc(CO)c1.CCOC(=O)c1cc(Br)cc(Br)c1.CCO[Si](CCc1cc(CC)cc(CC[Si](OCC)(OCC)OCC)c1)(OCC)OCC.O=C(O)c1cc(Br)cc(Br)c1. The molecule has 0 unspecified atom stereocenters. The van der Waals surface area contributed by atoms with Gasteiger partial charge in [-0.15, -0.1) is 0 Å². The lowest BCUT2D eigenvalue weighted by atomic mass is 10.0. The molecular weight excluding hydrogens is 1710 g/mol. The van der Waals surface area contributed by atoms with Gasteiger partial charge in [-0.25, -0.2) is 14.4 Å². The van der Waals surface area contributed by atoms with Gasteiger partial charge >= 0.3 is 35.5 Å². The number of rotatable bonds is 35. The molecule has 13 nitrogen and oxygen atoms in total. The van der Waals surface area contributed by atoms with Crippen molar-refractivity contribution < 1.29 is 60.6 Å². The Hall–Kier alpha value is -6.58. The quantitative estimate of drug-likeness (QED) is 0.0219. The molecule has 107 heavy (non-hydrogen) atoms. The van der Waals surface area contributed by atoms with Gasteiger partial charge in [0.2, 0.25) is 0 Å². The number of esters is 2. The van der Waals surface area contributed by atoms with Gasteiger partial charge in [0.05, 0.1) is 36.5 Å². The average molecular weight is 1820 g/mol. The zero-order valence-corrected chi connectivity index (χ0v) is 73.9. The Kier molecular flexibility index (Phi) is 52.1. The molecular formula is C87H109Br5O13Si2. The molecule has 0 aliphatic carbocycles. The van der Waals surface area contributed by atoms with Gasteiger partial charge in [0.1, 0.15) is 0 Å². The second kappa shape index (κ2) is 56.6. The second-order valence-corrected chi connectivity index (χ2v) is 32.4. The number of carbonyl (C=O) groups excluding carboxylic acids is 2. The lowest BCUT2D eigenvalue weighted by Gasteiger charge is -2.29. The van der Waals surface area contributed by atoms with E-state index in [4.69, 9.17) is 46.2 Å². The van der Waals surface area contributed by atoms with Gasteiger partial charge < -0.3 is 46.2 Å². The van der Waals surface area contributed by atoms with Crippen LogP contribution in [0.3, 0.4) is 0 Å². The van der Waals surface area contributed by atoms with E-state index >= 15 is 0 Å². The Bertz CT molecular complexity index is 3570. The van der Waals surface area contributed by atoms with Crippen LogP contribution >= 0.6 is 79.6 Å². The molecule has 0 radical (unpaired) electrons. The predicted octanol–water partition coefficient (Wildman–Crippen LogP) is 24.7. The number of aryl methyl sites for hydroxylation is 4. The summed E-state index contributed by atoms with van der Waals surface area (Å²) in [7, 11) is -5.31. The average Bonchev–Trinajstić information content (AvgIpc) is 0.832. The number of carboxylic acid groups (broad SMARTS) is 1. The third-order valence-electron chi connectivity index (χ3n) is 14.9. The van der Waals surface area contributed by atoms with Gasteiger partial charge in [0.25, 0.3) is 0 Å². The molecule has 0 fully saturated rings. The van der Waals surface area contributed by atoms with Gasteiger partial charge in [-0.2, -0.15) is 0 Å². The first-order valence-electron chi connectivity index (χ1n) is 35.5. The highest BCUT2D eigenvalue weighted by Crippen LogP contribution is 2.27. The van der Waals surface area contributed by atoms with E-state index in [1.165, 1.54) is 38.9 Å². The third-order valence-corrected chi connectivity index (χ3v) is 23.4. The van der Waals surface area contributed by atoms with Crippen LogP contribution in [0.1, 0.15) is 178 Å². The van der Waals surface area contributed by atoms with Gasteiger partial charge in [0, 0.05) is 75.0 Å². The Morgan fingerprint density at radius 1 is 0.336 bits per heavy atom. The summed E-state index contributed by atoms with van der Waals surface area (Å²) in [4.78, 5) is 33.2. The number of alkyl halides is 1. The maximum Gasteiger partial charge on any atom is 0.501 e. The molecule has 7 aromatic rings. The summed E-state index contributed by atoms with van der Waals surface area (Å²) in [5, 5.41) is 18.4. The van der Waals surface area contributed by atoms with Gasteiger partial charge in [-0.1, -0.05) is 237 Å². The van der Waals surface area contributed by atoms with Gasteiger partial charge in [0.15, 0.2) is 0 Å².